The second-order valence-electron chi connectivity index (χ2n) is 2.34. The van der Waals surface area contributed by atoms with E-state index in [0.717, 1.165) is 0 Å². The molecule has 0 aliphatic carbocycles. The van der Waals surface area contributed by atoms with Crippen molar-refractivity contribution in [2.24, 2.45) is 0 Å². The van der Waals surface area contributed by atoms with Gasteiger partial charge in [-0.05, 0) is 17.8 Å². The van der Waals surface area contributed by atoms with E-state index in [1.165, 1.54) is 18.3 Å². The third-order valence-corrected chi connectivity index (χ3v) is 2.43. The van der Waals surface area contributed by atoms with Gasteiger partial charge in [0.2, 0.25) is 0 Å². The molecule has 0 N–H and O–H groups in total. The van der Waals surface area contributed by atoms with Gasteiger partial charge in [0.1, 0.15) is 0 Å². The van der Waals surface area contributed by atoms with E-state index in [1.54, 1.807) is 0 Å². The second kappa shape index (κ2) is 6.78. The third-order valence-electron chi connectivity index (χ3n) is 1.12. The van der Waals surface area contributed by atoms with Crippen LogP contribution in [0.3, 0.4) is 0 Å². The maximum atomic E-state index is 11.8. The number of nitrogens with zero attached hydrogens (tertiary/aromatic N) is 1. The number of halogens is 4. The van der Waals surface area contributed by atoms with E-state index in [1.807, 2.05) is 0 Å². The Bertz CT molecular complexity index is 281. The van der Waals surface area contributed by atoms with Crippen molar-refractivity contribution in [3.8, 4) is 0 Å². The van der Waals surface area contributed by atoms with Gasteiger partial charge in [0.15, 0.2) is 0 Å². The Morgan fingerprint density at radius 3 is 2.43 bits per heavy atom. The van der Waals surface area contributed by atoms with Crippen molar-refractivity contribution < 1.29 is 64.3 Å². The molecular formula is C6H5BClF3KNS. The molecule has 0 saturated heterocycles. The first-order valence-corrected chi connectivity index (χ1v) is 4.79. The van der Waals surface area contributed by atoms with Gasteiger partial charge in [-0.2, -0.15) is 0 Å². The summed E-state index contributed by atoms with van der Waals surface area (Å²) in [6.07, 6.45) is 1.33. The SMILES string of the molecule is F[B-](F)(F)CSc1ccc(Cl)cn1.[K+]. The Morgan fingerprint density at radius 2 is 2.00 bits per heavy atom. The second-order valence-corrected chi connectivity index (χ2v) is 3.81. The fourth-order valence-electron chi connectivity index (χ4n) is 0.628. The molecule has 1 nitrogen and oxygen atoms in total. The van der Waals surface area contributed by atoms with Gasteiger partial charge < -0.3 is 12.9 Å². The van der Waals surface area contributed by atoms with Crippen LogP contribution in [0.15, 0.2) is 23.4 Å². The molecule has 1 aromatic heterocycles. The molecule has 0 aliphatic heterocycles. The van der Waals surface area contributed by atoms with E-state index < -0.39 is 12.6 Å². The zero-order valence-electron chi connectivity index (χ0n) is 7.38. The van der Waals surface area contributed by atoms with Gasteiger partial charge in [0.05, 0.1) is 10.0 Å². The standard InChI is InChI=1S/C6H5BClF3NS.K/c8-5-1-2-6(12-3-5)13-4-7(9,10)11;/h1-3H,4H2;/q-1;+1. The number of thioether (sulfide) groups is 1. The summed E-state index contributed by atoms with van der Waals surface area (Å²) in [6.45, 7) is -4.75. The molecular weight excluding hydrogens is 260 g/mol. The first-order chi connectivity index (χ1) is 5.97. The van der Waals surface area contributed by atoms with Gasteiger partial charge in [0, 0.05) is 6.20 Å². The Morgan fingerprint density at radius 1 is 1.36 bits per heavy atom. The Labute approximate surface area is 132 Å². The van der Waals surface area contributed by atoms with Gasteiger partial charge in [-0.3, -0.25) is 0 Å². The van der Waals surface area contributed by atoms with E-state index in [0.29, 0.717) is 21.8 Å². The summed E-state index contributed by atoms with van der Waals surface area (Å²) in [7, 11) is 0. The van der Waals surface area contributed by atoms with Gasteiger partial charge >= 0.3 is 58.4 Å². The topological polar surface area (TPSA) is 12.9 Å². The van der Waals surface area contributed by atoms with E-state index in [2.05, 4.69) is 4.98 Å². The van der Waals surface area contributed by atoms with E-state index >= 15 is 0 Å². The smallest absolute Gasteiger partial charge is 0.448 e. The maximum Gasteiger partial charge on any atom is 1.00 e. The minimum Gasteiger partial charge on any atom is -0.448 e. The number of pyridine rings is 1. The minimum absolute atomic E-state index is 0. The first-order valence-electron chi connectivity index (χ1n) is 3.43. The summed E-state index contributed by atoms with van der Waals surface area (Å²) in [5, 5.41) is 0.755. The molecule has 0 saturated carbocycles. The fourth-order valence-corrected chi connectivity index (χ4v) is 1.39. The summed E-state index contributed by atoms with van der Waals surface area (Å²) in [5.41, 5.74) is -0.866. The van der Waals surface area contributed by atoms with Crippen molar-refractivity contribution in [2.45, 2.75) is 5.03 Å². The van der Waals surface area contributed by atoms with Crippen LogP contribution in [0.5, 0.6) is 0 Å². The molecule has 0 spiro atoms. The number of aromatic nitrogens is 1. The monoisotopic (exact) mass is 265 g/mol. The van der Waals surface area contributed by atoms with Gasteiger partial charge in [-0.1, -0.05) is 11.6 Å². The molecule has 0 bridgehead atoms. The molecule has 1 aromatic rings. The molecule has 14 heavy (non-hydrogen) atoms. The quantitative estimate of drug-likeness (QED) is 0.573. The predicted octanol–water partition coefficient (Wildman–Crippen LogP) is 0.218. The van der Waals surface area contributed by atoms with Crippen molar-refractivity contribution >= 4 is 30.3 Å². The van der Waals surface area contributed by atoms with Crippen molar-refractivity contribution in [1.29, 1.82) is 0 Å². The zero-order chi connectivity index (χ0) is 9.90. The predicted molar refractivity (Wildman–Crippen MR) is 49.0 cm³/mol. The molecule has 8 heteroatoms. The molecule has 0 aliphatic rings. The van der Waals surface area contributed by atoms with Gasteiger partial charge in [0.25, 0.3) is 0 Å². The van der Waals surface area contributed by atoms with Crippen LogP contribution in [0, 0.1) is 0 Å². The van der Waals surface area contributed by atoms with Crippen LogP contribution in [0.4, 0.5) is 12.9 Å². The van der Waals surface area contributed by atoms with Crippen LogP contribution < -0.4 is 51.4 Å². The first kappa shape index (κ1) is 15.3. The fraction of sp³-hybridized carbons (Fsp3) is 0.167. The third kappa shape index (κ3) is 6.71. The largest absolute Gasteiger partial charge is 1.00 e. The molecule has 1 heterocycles. The summed E-state index contributed by atoms with van der Waals surface area (Å²) in [4.78, 5) is 3.72. The summed E-state index contributed by atoms with van der Waals surface area (Å²) >= 11 is 6.18. The molecule has 0 aromatic carbocycles. The Hall–Kier alpha value is 1.28. The van der Waals surface area contributed by atoms with E-state index in [4.69, 9.17) is 11.6 Å². The maximum absolute atomic E-state index is 11.8. The van der Waals surface area contributed by atoms with Gasteiger partial charge in [-0.25, -0.2) is 4.98 Å². The van der Waals surface area contributed by atoms with E-state index in [9.17, 15) is 12.9 Å². The van der Waals surface area contributed by atoms with Crippen LogP contribution in [0.25, 0.3) is 0 Å². The van der Waals surface area contributed by atoms with E-state index in [-0.39, 0.29) is 51.4 Å². The zero-order valence-corrected chi connectivity index (χ0v) is 12.1. The Kier molecular flexibility index (Phi) is 7.40. The molecule has 0 atom stereocenters. The van der Waals surface area contributed by atoms with Crippen LogP contribution in [0.2, 0.25) is 5.02 Å². The molecule has 1 rings (SSSR count). The van der Waals surface area contributed by atoms with Crippen LogP contribution in [-0.2, 0) is 0 Å². The average Bonchev–Trinajstić information content (AvgIpc) is 2.02. The number of rotatable bonds is 3. The summed E-state index contributed by atoms with van der Waals surface area (Å²) in [6, 6.07) is 2.98. The van der Waals surface area contributed by atoms with Crippen molar-refractivity contribution in [2.75, 3.05) is 5.65 Å². The van der Waals surface area contributed by atoms with Crippen LogP contribution in [-0.4, -0.2) is 17.6 Å². The normalized spacial score (nSPS) is 10.9. The molecule has 0 unspecified atom stereocenters. The van der Waals surface area contributed by atoms with Crippen LogP contribution in [0.1, 0.15) is 0 Å². The molecule has 0 fully saturated rings. The van der Waals surface area contributed by atoms with Crippen molar-refractivity contribution in [3.05, 3.63) is 23.4 Å². The van der Waals surface area contributed by atoms with Crippen LogP contribution >= 0.6 is 23.4 Å². The van der Waals surface area contributed by atoms with Crippen molar-refractivity contribution in [3.63, 3.8) is 0 Å². The van der Waals surface area contributed by atoms with Crippen molar-refractivity contribution in [1.82, 2.24) is 4.98 Å². The van der Waals surface area contributed by atoms with Gasteiger partial charge in [-0.15, -0.1) is 11.8 Å². The molecule has 72 valence electrons. The Balaban J connectivity index is 0.00000169. The average molecular weight is 266 g/mol. The summed E-state index contributed by atoms with van der Waals surface area (Å²) < 4.78 is 35.4. The number of hydrogen-bond donors (Lipinski definition) is 0. The molecule has 0 radical (unpaired) electrons. The minimum atomic E-state index is -4.75. The molecule has 0 amide bonds. The number of hydrogen-bond acceptors (Lipinski definition) is 2. The summed E-state index contributed by atoms with van der Waals surface area (Å²) in [5.74, 6) is 0.